The fraction of sp³-hybridized carbons (Fsp3) is 0.409. The third kappa shape index (κ3) is 6.04. The number of halogens is 3. The Kier molecular flexibility index (Phi) is 7.27. The SMILES string of the molecule is COc1cc(CCC(=O)Nc2cc(C(F)(F)F)ccc2N2CCOCC2)cc(OC)c1. The Bertz CT molecular complexity index is 890. The van der Waals surface area contributed by atoms with Crippen molar-refractivity contribution in [1.82, 2.24) is 0 Å². The summed E-state index contributed by atoms with van der Waals surface area (Å²) >= 11 is 0. The second-order valence-corrected chi connectivity index (χ2v) is 7.10. The molecule has 0 aliphatic carbocycles. The van der Waals surface area contributed by atoms with Crippen molar-refractivity contribution >= 4 is 17.3 Å². The zero-order valence-corrected chi connectivity index (χ0v) is 17.4. The summed E-state index contributed by atoms with van der Waals surface area (Å²) in [6, 6.07) is 8.72. The number of amides is 1. The highest BCUT2D eigenvalue weighted by molar-refractivity contribution is 5.94. The van der Waals surface area contributed by atoms with Crippen molar-refractivity contribution in [2.24, 2.45) is 0 Å². The maximum absolute atomic E-state index is 13.2. The molecule has 1 aliphatic rings. The number of nitrogens with one attached hydrogen (secondary N) is 1. The maximum Gasteiger partial charge on any atom is 0.416 e. The number of anilines is 2. The van der Waals surface area contributed by atoms with Gasteiger partial charge in [0.15, 0.2) is 0 Å². The summed E-state index contributed by atoms with van der Waals surface area (Å²) in [5.74, 6) is 0.820. The molecule has 2 aromatic carbocycles. The highest BCUT2D eigenvalue weighted by atomic mass is 19.4. The Hall–Kier alpha value is -2.94. The highest BCUT2D eigenvalue weighted by Crippen LogP contribution is 2.36. The predicted molar refractivity (Wildman–Crippen MR) is 111 cm³/mol. The molecule has 0 saturated carbocycles. The number of methoxy groups -OCH3 is 2. The second-order valence-electron chi connectivity index (χ2n) is 7.10. The van der Waals surface area contributed by atoms with Crippen molar-refractivity contribution in [3.05, 3.63) is 47.5 Å². The molecule has 0 aromatic heterocycles. The van der Waals surface area contributed by atoms with E-state index in [1.807, 2.05) is 4.90 Å². The number of hydrogen-bond donors (Lipinski definition) is 1. The van der Waals surface area contributed by atoms with Gasteiger partial charge in [-0.1, -0.05) is 0 Å². The third-order valence-electron chi connectivity index (χ3n) is 5.00. The highest BCUT2D eigenvalue weighted by Gasteiger charge is 2.32. The number of alkyl halides is 3. The van der Waals surface area contributed by atoms with Gasteiger partial charge in [0.25, 0.3) is 0 Å². The van der Waals surface area contributed by atoms with Gasteiger partial charge in [-0.2, -0.15) is 13.2 Å². The molecule has 31 heavy (non-hydrogen) atoms. The van der Waals surface area contributed by atoms with Gasteiger partial charge < -0.3 is 24.4 Å². The minimum absolute atomic E-state index is 0.0924. The molecule has 9 heteroatoms. The van der Waals surface area contributed by atoms with Gasteiger partial charge in [-0.25, -0.2) is 0 Å². The molecule has 3 rings (SSSR count). The van der Waals surface area contributed by atoms with Crippen molar-refractivity contribution in [3.63, 3.8) is 0 Å². The van der Waals surface area contributed by atoms with Crippen molar-refractivity contribution in [3.8, 4) is 11.5 Å². The average molecular weight is 438 g/mol. The van der Waals surface area contributed by atoms with Gasteiger partial charge in [0.05, 0.1) is 44.4 Å². The van der Waals surface area contributed by atoms with Crippen LogP contribution in [-0.2, 0) is 22.1 Å². The zero-order chi connectivity index (χ0) is 22.4. The summed E-state index contributed by atoms with van der Waals surface area (Å²) in [7, 11) is 3.07. The van der Waals surface area contributed by atoms with Crippen LogP contribution in [0.1, 0.15) is 17.5 Å². The monoisotopic (exact) mass is 438 g/mol. The standard InChI is InChI=1S/C22H25F3N2O4/c1-29-17-11-15(12-18(14-17)30-2)3-6-21(28)26-19-13-16(22(23,24)25)4-5-20(19)27-7-9-31-10-8-27/h4-5,11-14H,3,6-10H2,1-2H3,(H,26,28). The largest absolute Gasteiger partial charge is 0.497 e. The Morgan fingerprint density at radius 3 is 2.29 bits per heavy atom. The molecule has 0 unspecified atom stereocenters. The van der Waals surface area contributed by atoms with Crippen molar-refractivity contribution in [1.29, 1.82) is 0 Å². The Labute approximate surface area is 178 Å². The van der Waals surface area contributed by atoms with Gasteiger partial charge in [-0.05, 0) is 42.3 Å². The topological polar surface area (TPSA) is 60.0 Å². The normalized spacial score (nSPS) is 14.3. The van der Waals surface area contributed by atoms with Gasteiger partial charge in [-0.15, -0.1) is 0 Å². The van der Waals surface area contributed by atoms with E-state index in [4.69, 9.17) is 14.2 Å². The zero-order valence-electron chi connectivity index (χ0n) is 17.4. The lowest BCUT2D eigenvalue weighted by Crippen LogP contribution is -2.36. The Balaban J connectivity index is 1.76. The second kappa shape index (κ2) is 9.91. The number of nitrogens with zero attached hydrogens (tertiary/aromatic N) is 1. The summed E-state index contributed by atoms with van der Waals surface area (Å²) < 4.78 is 55.4. The van der Waals surface area contributed by atoms with E-state index < -0.39 is 11.7 Å². The van der Waals surface area contributed by atoms with Gasteiger partial charge in [0.2, 0.25) is 5.91 Å². The van der Waals surface area contributed by atoms with Crippen LogP contribution in [-0.4, -0.2) is 46.4 Å². The van der Waals surface area contributed by atoms with E-state index in [0.29, 0.717) is 49.9 Å². The van der Waals surface area contributed by atoms with Crippen LogP contribution < -0.4 is 19.7 Å². The van der Waals surface area contributed by atoms with Gasteiger partial charge in [-0.3, -0.25) is 4.79 Å². The summed E-state index contributed by atoms with van der Waals surface area (Å²) in [6.45, 7) is 2.04. The number of carbonyl (C=O) groups excluding carboxylic acids is 1. The number of benzene rings is 2. The van der Waals surface area contributed by atoms with Crippen LogP contribution in [0.4, 0.5) is 24.5 Å². The lowest BCUT2D eigenvalue weighted by molar-refractivity contribution is -0.137. The average Bonchev–Trinajstić information content (AvgIpc) is 2.77. The number of aryl methyl sites for hydroxylation is 1. The number of morpholine rings is 1. The molecule has 0 atom stereocenters. The Morgan fingerprint density at radius 1 is 1.06 bits per heavy atom. The van der Waals surface area contributed by atoms with E-state index in [1.54, 1.807) is 18.2 Å². The smallest absolute Gasteiger partial charge is 0.416 e. The van der Waals surface area contributed by atoms with E-state index in [2.05, 4.69) is 5.32 Å². The van der Waals surface area contributed by atoms with E-state index in [0.717, 1.165) is 17.7 Å². The van der Waals surface area contributed by atoms with Crippen LogP contribution in [0.5, 0.6) is 11.5 Å². The molecule has 1 N–H and O–H groups in total. The van der Waals surface area contributed by atoms with Crippen molar-refractivity contribution in [2.75, 3.05) is 50.7 Å². The van der Waals surface area contributed by atoms with Gasteiger partial charge in [0.1, 0.15) is 11.5 Å². The van der Waals surface area contributed by atoms with E-state index in [9.17, 15) is 18.0 Å². The van der Waals surface area contributed by atoms with Crippen LogP contribution in [0.2, 0.25) is 0 Å². The molecule has 6 nitrogen and oxygen atoms in total. The van der Waals surface area contributed by atoms with Gasteiger partial charge in [0, 0.05) is 25.6 Å². The number of ether oxygens (including phenoxy) is 3. The molecular weight excluding hydrogens is 413 g/mol. The molecule has 168 valence electrons. The van der Waals surface area contributed by atoms with Crippen molar-refractivity contribution < 1.29 is 32.2 Å². The van der Waals surface area contributed by atoms with E-state index in [-0.39, 0.29) is 18.0 Å². The molecule has 1 saturated heterocycles. The summed E-state index contributed by atoms with van der Waals surface area (Å²) in [6.07, 6.45) is -4.03. The first-order valence-electron chi connectivity index (χ1n) is 9.86. The molecule has 1 heterocycles. The fourth-order valence-corrected chi connectivity index (χ4v) is 3.37. The molecule has 1 fully saturated rings. The summed E-state index contributed by atoms with van der Waals surface area (Å²) in [5.41, 5.74) is 0.707. The maximum atomic E-state index is 13.2. The number of hydrogen-bond acceptors (Lipinski definition) is 5. The van der Waals surface area contributed by atoms with Crippen LogP contribution in [0.15, 0.2) is 36.4 Å². The predicted octanol–water partition coefficient (Wildman–Crippen LogP) is 4.13. The molecule has 2 aromatic rings. The van der Waals surface area contributed by atoms with E-state index >= 15 is 0 Å². The molecule has 1 aliphatic heterocycles. The third-order valence-corrected chi connectivity index (χ3v) is 5.00. The molecule has 0 bridgehead atoms. The lowest BCUT2D eigenvalue weighted by Gasteiger charge is -2.31. The molecule has 0 radical (unpaired) electrons. The quantitative estimate of drug-likeness (QED) is 0.705. The fourth-order valence-electron chi connectivity index (χ4n) is 3.37. The van der Waals surface area contributed by atoms with Crippen LogP contribution in [0, 0.1) is 0 Å². The van der Waals surface area contributed by atoms with Crippen LogP contribution in [0.25, 0.3) is 0 Å². The minimum Gasteiger partial charge on any atom is -0.497 e. The first-order chi connectivity index (χ1) is 14.8. The first kappa shape index (κ1) is 22.7. The number of rotatable bonds is 7. The van der Waals surface area contributed by atoms with Crippen LogP contribution >= 0.6 is 0 Å². The molecular formula is C22H25F3N2O4. The van der Waals surface area contributed by atoms with E-state index in [1.165, 1.54) is 20.3 Å². The molecule has 0 spiro atoms. The van der Waals surface area contributed by atoms with Crippen molar-refractivity contribution in [2.45, 2.75) is 19.0 Å². The number of carbonyl (C=O) groups is 1. The Morgan fingerprint density at radius 2 is 1.71 bits per heavy atom. The van der Waals surface area contributed by atoms with Gasteiger partial charge >= 0.3 is 6.18 Å². The first-order valence-corrected chi connectivity index (χ1v) is 9.86. The summed E-state index contributed by atoms with van der Waals surface area (Å²) in [4.78, 5) is 14.5. The molecule has 1 amide bonds. The van der Waals surface area contributed by atoms with Crippen LogP contribution in [0.3, 0.4) is 0 Å². The minimum atomic E-state index is -4.50. The summed E-state index contributed by atoms with van der Waals surface area (Å²) in [5, 5.41) is 2.66. The lowest BCUT2D eigenvalue weighted by atomic mass is 10.1.